The maximum atomic E-state index is 12.8. The molecule has 2 heterocycles. The first-order chi connectivity index (χ1) is 16.8. The molecule has 1 unspecified atom stereocenters. The van der Waals surface area contributed by atoms with Crippen molar-refractivity contribution in [2.75, 3.05) is 10.6 Å². The number of aromatic nitrogens is 2. The lowest BCUT2D eigenvalue weighted by molar-refractivity contribution is -0.117. The Balaban J connectivity index is 1.52. The molecule has 0 fully saturated rings. The molecule has 1 atom stereocenters. The molecule has 0 aliphatic carbocycles. The number of nitrogens with one attached hydrogen (secondary N) is 3. The minimum atomic E-state index is -0.526. The van der Waals surface area contributed by atoms with Gasteiger partial charge in [-0.3, -0.25) is 14.4 Å². The topological polar surface area (TPSA) is 130 Å². The number of anilines is 2. The molecule has 2 aromatic heterocycles. The van der Waals surface area contributed by atoms with Crippen molar-refractivity contribution in [2.45, 2.75) is 19.8 Å². The standard InChI is InChI=1S/C27H25N5O3/c1-16(18-8-10-21(11-9-18)30-17(2)33)27(35)32-24-13-12-22-20(15-29-26(22)31-24)14-23(25(28)34)19-6-4-3-5-7-19/h3-16H,1-2H3,(H2,28,34)(H,30,33)(H2,29,31,32,35)/b23-14+. The molecule has 0 bridgehead atoms. The number of hydrogen-bond donors (Lipinski definition) is 4. The number of fused-ring (bicyclic) bond motifs is 1. The summed E-state index contributed by atoms with van der Waals surface area (Å²) in [6, 6.07) is 19.9. The van der Waals surface area contributed by atoms with Crippen LogP contribution in [0.5, 0.6) is 0 Å². The van der Waals surface area contributed by atoms with Gasteiger partial charge in [0.1, 0.15) is 11.5 Å². The van der Waals surface area contributed by atoms with Gasteiger partial charge in [0.25, 0.3) is 0 Å². The van der Waals surface area contributed by atoms with E-state index in [1.807, 2.05) is 36.4 Å². The number of benzene rings is 2. The molecular formula is C27H25N5O3. The van der Waals surface area contributed by atoms with E-state index in [0.29, 0.717) is 22.7 Å². The lowest BCUT2D eigenvalue weighted by Crippen LogP contribution is -2.19. The lowest BCUT2D eigenvalue weighted by atomic mass is 10.00. The first-order valence-corrected chi connectivity index (χ1v) is 11.1. The molecule has 3 amide bonds. The fourth-order valence-corrected chi connectivity index (χ4v) is 3.73. The second-order valence-corrected chi connectivity index (χ2v) is 8.14. The molecule has 0 saturated carbocycles. The van der Waals surface area contributed by atoms with Crippen molar-refractivity contribution in [1.29, 1.82) is 0 Å². The second kappa shape index (κ2) is 10.0. The predicted octanol–water partition coefficient (Wildman–Crippen LogP) is 4.29. The predicted molar refractivity (Wildman–Crippen MR) is 137 cm³/mol. The van der Waals surface area contributed by atoms with Crippen LogP contribution in [0.3, 0.4) is 0 Å². The van der Waals surface area contributed by atoms with E-state index in [1.54, 1.807) is 49.5 Å². The van der Waals surface area contributed by atoms with Gasteiger partial charge in [0, 0.05) is 35.3 Å². The third-order valence-electron chi connectivity index (χ3n) is 5.60. The van der Waals surface area contributed by atoms with Crippen LogP contribution in [0.2, 0.25) is 0 Å². The summed E-state index contributed by atoms with van der Waals surface area (Å²) in [5.41, 5.74) is 9.54. The van der Waals surface area contributed by atoms with E-state index in [4.69, 9.17) is 5.73 Å². The Kier molecular flexibility index (Phi) is 6.73. The number of nitrogens with two attached hydrogens (primary N) is 1. The molecule has 5 N–H and O–H groups in total. The Labute approximate surface area is 202 Å². The monoisotopic (exact) mass is 467 g/mol. The van der Waals surface area contributed by atoms with Crippen molar-refractivity contribution in [1.82, 2.24) is 9.97 Å². The van der Waals surface area contributed by atoms with Gasteiger partial charge in [-0.15, -0.1) is 0 Å². The van der Waals surface area contributed by atoms with E-state index in [9.17, 15) is 14.4 Å². The highest BCUT2D eigenvalue weighted by molar-refractivity contribution is 6.24. The van der Waals surface area contributed by atoms with Gasteiger partial charge in [0.05, 0.1) is 5.92 Å². The Morgan fingerprint density at radius 1 is 0.971 bits per heavy atom. The summed E-state index contributed by atoms with van der Waals surface area (Å²) >= 11 is 0. The van der Waals surface area contributed by atoms with Gasteiger partial charge in [0.2, 0.25) is 17.7 Å². The van der Waals surface area contributed by atoms with E-state index in [1.165, 1.54) is 6.92 Å². The Morgan fingerprint density at radius 3 is 2.34 bits per heavy atom. The lowest BCUT2D eigenvalue weighted by Gasteiger charge is -2.13. The van der Waals surface area contributed by atoms with E-state index >= 15 is 0 Å². The summed E-state index contributed by atoms with van der Waals surface area (Å²) in [5.74, 6) is -0.916. The van der Waals surface area contributed by atoms with Gasteiger partial charge in [-0.05, 0) is 48.4 Å². The van der Waals surface area contributed by atoms with E-state index < -0.39 is 11.8 Å². The Hall–Kier alpha value is -4.72. The van der Waals surface area contributed by atoms with Gasteiger partial charge < -0.3 is 21.4 Å². The highest BCUT2D eigenvalue weighted by Crippen LogP contribution is 2.25. The van der Waals surface area contributed by atoms with Crippen LogP contribution < -0.4 is 16.4 Å². The quantitative estimate of drug-likeness (QED) is 0.302. The molecule has 4 rings (SSSR count). The molecule has 8 nitrogen and oxygen atoms in total. The summed E-state index contributed by atoms with van der Waals surface area (Å²) in [5, 5.41) is 6.34. The number of hydrogen-bond acceptors (Lipinski definition) is 4. The van der Waals surface area contributed by atoms with Crippen LogP contribution in [0, 0.1) is 0 Å². The first-order valence-electron chi connectivity index (χ1n) is 11.1. The maximum Gasteiger partial charge on any atom is 0.249 e. The van der Waals surface area contributed by atoms with E-state index in [2.05, 4.69) is 20.6 Å². The zero-order valence-corrected chi connectivity index (χ0v) is 19.3. The maximum absolute atomic E-state index is 12.8. The average Bonchev–Trinajstić information content (AvgIpc) is 3.24. The van der Waals surface area contributed by atoms with Crippen molar-refractivity contribution < 1.29 is 14.4 Å². The van der Waals surface area contributed by atoms with Crippen LogP contribution in [0.4, 0.5) is 11.5 Å². The summed E-state index contributed by atoms with van der Waals surface area (Å²) in [6.07, 6.45) is 3.47. The van der Waals surface area contributed by atoms with Gasteiger partial charge in [-0.2, -0.15) is 0 Å². The fourth-order valence-electron chi connectivity index (χ4n) is 3.73. The van der Waals surface area contributed by atoms with Gasteiger partial charge in [-0.1, -0.05) is 42.5 Å². The van der Waals surface area contributed by atoms with Crippen LogP contribution >= 0.6 is 0 Å². The third-order valence-corrected chi connectivity index (χ3v) is 5.60. The van der Waals surface area contributed by atoms with Crippen molar-refractivity contribution in [3.05, 3.63) is 89.6 Å². The largest absolute Gasteiger partial charge is 0.366 e. The molecule has 0 spiro atoms. The van der Waals surface area contributed by atoms with Gasteiger partial charge in [0.15, 0.2) is 0 Å². The first kappa shape index (κ1) is 23.4. The zero-order valence-electron chi connectivity index (χ0n) is 19.3. The summed E-state index contributed by atoms with van der Waals surface area (Å²) in [7, 11) is 0. The Bertz CT molecular complexity index is 1420. The molecule has 35 heavy (non-hydrogen) atoms. The van der Waals surface area contributed by atoms with Crippen molar-refractivity contribution in [3.8, 4) is 0 Å². The molecular weight excluding hydrogens is 442 g/mol. The van der Waals surface area contributed by atoms with Gasteiger partial charge in [-0.25, -0.2) is 4.98 Å². The molecule has 176 valence electrons. The SMILES string of the molecule is CC(=O)Nc1ccc(C(C)C(=O)Nc2ccc3c(/C=C(/C(N)=O)c4ccccc4)c[nH]c3n2)cc1. The average molecular weight is 468 g/mol. The molecule has 0 aliphatic heterocycles. The van der Waals surface area contributed by atoms with Crippen molar-refractivity contribution in [2.24, 2.45) is 5.73 Å². The zero-order chi connectivity index (χ0) is 24.9. The van der Waals surface area contributed by atoms with Gasteiger partial charge >= 0.3 is 0 Å². The number of rotatable bonds is 7. The Morgan fingerprint density at radius 2 is 1.69 bits per heavy atom. The molecule has 4 aromatic rings. The van der Waals surface area contributed by atoms with E-state index in [-0.39, 0.29) is 11.8 Å². The molecule has 0 aliphatic rings. The molecule has 0 saturated heterocycles. The summed E-state index contributed by atoms with van der Waals surface area (Å²) < 4.78 is 0. The van der Waals surface area contributed by atoms with Crippen molar-refractivity contribution >= 4 is 51.9 Å². The van der Waals surface area contributed by atoms with Crippen LogP contribution in [-0.4, -0.2) is 27.7 Å². The second-order valence-electron chi connectivity index (χ2n) is 8.14. The number of carbonyl (C=O) groups excluding carboxylic acids is 3. The minimum Gasteiger partial charge on any atom is -0.366 e. The number of amides is 3. The molecule has 2 aromatic carbocycles. The number of pyridine rings is 1. The fraction of sp³-hybridized carbons (Fsp3) is 0.111. The minimum absolute atomic E-state index is 0.154. The van der Waals surface area contributed by atoms with Crippen LogP contribution in [0.1, 0.15) is 36.5 Å². The highest BCUT2D eigenvalue weighted by Gasteiger charge is 2.17. The number of primary amides is 1. The molecule has 0 radical (unpaired) electrons. The van der Waals surface area contributed by atoms with Crippen LogP contribution in [0.25, 0.3) is 22.7 Å². The number of H-pyrrole nitrogens is 1. The third kappa shape index (κ3) is 5.44. The smallest absolute Gasteiger partial charge is 0.249 e. The number of carbonyl (C=O) groups is 3. The number of nitrogens with zero attached hydrogens (tertiary/aromatic N) is 1. The van der Waals surface area contributed by atoms with Crippen LogP contribution in [0.15, 0.2) is 72.9 Å². The highest BCUT2D eigenvalue weighted by atomic mass is 16.2. The normalized spacial score (nSPS) is 12.2. The summed E-state index contributed by atoms with van der Waals surface area (Å²) in [4.78, 5) is 43.6. The summed E-state index contributed by atoms with van der Waals surface area (Å²) in [6.45, 7) is 3.24. The van der Waals surface area contributed by atoms with Crippen LogP contribution in [-0.2, 0) is 14.4 Å². The van der Waals surface area contributed by atoms with Crippen molar-refractivity contribution in [3.63, 3.8) is 0 Å². The number of aromatic amines is 1. The van der Waals surface area contributed by atoms with E-state index in [0.717, 1.165) is 22.1 Å². The molecule has 8 heteroatoms.